The highest BCUT2D eigenvalue weighted by Crippen LogP contribution is 2.21. The van der Waals surface area contributed by atoms with Crippen LogP contribution in [0.25, 0.3) is 0 Å². The van der Waals surface area contributed by atoms with E-state index < -0.39 is 0 Å². The Kier molecular flexibility index (Phi) is 7.83. The number of aryl methyl sites for hydroxylation is 1. The maximum absolute atomic E-state index is 12.2. The minimum Gasteiger partial charge on any atom is -0.328 e. The number of carbonyl (C=O) groups is 1. The van der Waals surface area contributed by atoms with Gasteiger partial charge >= 0.3 is 0 Å². The highest BCUT2D eigenvalue weighted by Gasteiger charge is 2.23. The lowest BCUT2D eigenvalue weighted by molar-refractivity contribution is -0.117. The predicted octanol–water partition coefficient (Wildman–Crippen LogP) is 3.18. The average Bonchev–Trinajstić information content (AvgIpc) is 2.42. The first-order valence-electron chi connectivity index (χ1n) is 7.49. The van der Waals surface area contributed by atoms with Crippen molar-refractivity contribution in [2.75, 3.05) is 25.0 Å². The average molecular weight is 391 g/mol. The number of hydrogen-bond acceptors (Lipinski definition) is 3. The van der Waals surface area contributed by atoms with E-state index in [1.54, 1.807) is 0 Å². The molecule has 1 heterocycles. The molecule has 3 N–H and O–H groups in total. The van der Waals surface area contributed by atoms with Gasteiger partial charge < -0.3 is 11.1 Å². The zero-order chi connectivity index (χ0) is 15.4. The maximum atomic E-state index is 12.2. The number of likely N-dealkylation sites (tertiary alicyclic amines) is 1. The third kappa shape index (κ3) is 5.54. The number of rotatable bonds is 4. The summed E-state index contributed by atoms with van der Waals surface area (Å²) in [5, 5.41) is 3.00. The first-order chi connectivity index (χ1) is 9.95. The second-order valence-corrected chi connectivity index (χ2v) is 6.92. The van der Waals surface area contributed by atoms with Crippen LogP contribution in [0.3, 0.4) is 0 Å². The lowest BCUT2D eigenvalue weighted by atomic mass is 9.92. The molecule has 0 radical (unpaired) electrons. The predicted molar refractivity (Wildman–Crippen MR) is 97.6 cm³/mol. The minimum atomic E-state index is 0. The van der Waals surface area contributed by atoms with Gasteiger partial charge in [-0.05, 0) is 62.9 Å². The number of nitrogens with one attached hydrogen (secondary N) is 1. The molecule has 124 valence electrons. The summed E-state index contributed by atoms with van der Waals surface area (Å²) in [4.78, 5) is 14.4. The van der Waals surface area contributed by atoms with E-state index in [1.807, 2.05) is 25.1 Å². The summed E-state index contributed by atoms with van der Waals surface area (Å²) in [6.45, 7) is 6.39. The number of hydrogen-bond donors (Lipinski definition) is 2. The molecular formula is C16H25BrClN3O. The topological polar surface area (TPSA) is 58.4 Å². The SMILES string of the molecule is Cc1cc(Br)ccc1NC(=O)CN1CCCC(C(C)N)C1.Cl. The molecule has 22 heavy (non-hydrogen) atoms. The number of piperidine rings is 1. The monoisotopic (exact) mass is 389 g/mol. The third-order valence-electron chi connectivity index (χ3n) is 4.12. The molecule has 1 aliphatic heterocycles. The Labute approximate surface area is 147 Å². The van der Waals surface area contributed by atoms with Crippen molar-refractivity contribution in [2.45, 2.75) is 32.7 Å². The van der Waals surface area contributed by atoms with Gasteiger partial charge in [0.25, 0.3) is 0 Å². The molecule has 0 saturated carbocycles. The number of halogens is 2. The molecule has 1 fully saturated rings. The van der Waals surface area contributed by atoms with Gasteiger partial charge in [0, 0.05) is 22.7 Å². The molecule has 1 amide bonds. The van der Waals surface area contributed by atoms with E-state index in [4.69, 9.17) is 5.73 Å². The Balaban J connectivity index is 0.00000242. The second-order valence-electron chi connectivity index (χ2n) is 6.00. The van der Waals surface area contributed by atoms with Gasteiger partial charge in [0.2, 0.25) is 5.91 Å². The van der Waals surface area contributed by atoms with Crippen LogP contribution >= 0.6 is 28.3 Å². The molecule has 2 rings (SSSR count). The fourth-order valence-corrected chi connectivity index (χ4v) is 3.30. The molecular weight excluding hydrogens is 366 g/mol. The Bertz CT molecular complexity index is 510. The van der Waals surface area contributed by atoms with E-state index in [0.29, 0.717) is 12.5 Å². The van der Waals surface area contributed by atoms with Crippen molar-refractivity contribution >= 4 is 39.9 Å². The number of anilines is 1. The summed E-state index contributed by atoms with van der Waals surface area (Å²) < 4.78 is 1.02. The van der Waals surface area contributed by atoms with Crippen molar-refractivity contribution < 1.29 is 4.79 Å². The summed E-state index contributed by atoms with van der Waals surface area (Å²) in [5.41, 5.74) is 7.92. The van der Waals surface area contributed by atoms with Gasteiger partial charge in [0.15, 0.2) is 0 Å². The van der Waals surface area contributed by atoms with Gasteiger partial charge in [0.05, 0.1) is 6.54 Å². The van der Waals surface area contributed by atoms with Crippen LogP contribution in [0.15, 0.2) is 22.7 Å². The minimum absolute atomic E-state index is 0. The van der Waals surface area contributed by atoms with Crippen LogP contribution in [-0.2, 0) is 4.79 Å². The molecule has 0 aromatic heterocycles. The van der Waals surface area contributed by atoms with Crippen molar-refractivity contribution in [3.63, 3.8) is 0 Å². The zero-order valence-electron chi connectivity index (χ0n) is 13.1. The lowest BCUT2D eigenvalue weighted by Gasteiger charge is -2.34. The van der Waals surface area contributed by atoms with E-state index in [2.05, 4.69) is 33.1 Å². The molecule has 2 atom stereocenters. The fraction of sp³-hybridized carbons (Fsp3) is 0.562. The van der Waals surface area contributed by atoms with Crippen LogP contribution in [0.5, 0.6) is 0 Å². The molecule has 1 saturated heterocycles. The number of amides is 1. The largest absolute Gasteiger partial charge is 0.328 e. The molecule has 6 heteroatoms. The Morgan fingerprint density at radius 1 is 1.55 bits per heavy atom. The Hall–Kier alpha value is -0.620. The molecule has 4 nitrogen and oxygen atoms in total. The molecule has 1 aliphatic rings. The van der Waals surface area contributed by atoms with Gasteiger partial charge in [-0.25, -0.2) is 0 Å². The maximum Gasteiger partial charge on any atom is 0.238 e. The molecule has 1 aromatic carbocycles. The lowest BCUT2D eigenvalue weighted by Crippen LogP contribution is -2.45. The third-order valence-corrected chi connectivity index (χ3v) is 4.61. The summed E-state index contributed by atoms with van der Waals surface area (Å²) in [6.07, 6.45) is 2.29. The van der Waals surface area contributed by atoms with Crippen LogP contribution in [0.4, 0.5) is 5.69 Å². The summed E-state index contributed by atoms with van der Waals surface area (Å²) in [5.74, 6) is 0.548. The smallest absolute Gasteiger partial charge is 0.238 e. The van der Waals surface area contributed by atoms with E-state index in [-0.39, 0.29) is 24.4 Å². The fourth-order valence-electron chi connectivity index (χ4n) is 2.82. The van der Waals surface area contributed by atoms with Gasteiger partial charge in [-0.2, -0.15) is 0 Å². The number of nitrogens with zero attached hydrogens (tertiary/aromatic N) is 1. The van der Waals surface area contributed by atoms with Gasteiger partial charge in [0.1, 0.15) is 0 Å². The van der Waals surface area contributed by atoms with Crippen molar-refractivity contribution in [3.8, 4) is 0 Å². The quantitative estimate of drug-likeness (QED) is 0.830. The first-order valence-corrected chi connectivity index (χ1v) is 8.29. The van der Waals surface area contributed by atoms with Gasteiger partial charge in [-0.15, -0.1) is 12.4 Å². The van der Waals surface area contributed by atoms with E-state index >= 15 is 0 Å². The van der Waals surface area contributed by atoms with Crippen LogP contribution in [-0.4, -0.2) is 36.5 Å². The van der Waals surface area contributed by atoms with E-state index in [1.165, 1.54) is 6.42 Å². The van der Waals surface area contributed by atoms with Crippen molar-refractivity contribution in [2.24, 2.45) is 11.7 Å². The normalized spacial score (nSPS) is 20.1. The van der Waals surface area contributed by atoms with Crippen LogP contribution in [0.2, 0.25) is 0 Å². The molecule has 2 unspecified atom stereocenters. The van der Waals surface area contributed by atoms with Crippen LogP contribution in [0.1, 0.15) is 25.3 Å². The highest BCUT2D eigenvalue weighted by atomic mass is 79.9. The van der Waals surface area contributed by atoms with Crippen molar-refractivity contribution in [1.29, 1.82) is 0 Å². The van der Waals surface area contributed by atoms with Crippen molar-refractivity contribution in [1.82, 2.24) is 4.90 Å². The molecule has 0 spiro atoms. The second kappa shape index (κ2) is 8.87. The molecule has 1 aromatic rings. The number of nitrogens with two attached hydrogens (primary N) is 1. The summed E-state index contributed by atoms with van der Waals surface area (Å²) in [6, 6.07) is 6.07. The first kappa shape index (κ1) is 19.4. The highest BCUT2D eigenvalue weighted by molar-refractivity contribution is 9.10. The van der Waals surface area contributed by atoms with Gasteiger partial charge in [-0.3, -0.25) is 9.69 Å². The van der Waals surface area contributed by atoms with E-state index in [0.717, 1.165) is 35.2 Å². The number of benzene rings is 1. The molecule has 0 aliphatic carbocycles. The van der Waals surface area contributed by atoms with Gasteiger partial charge in [-0.1, -0.05) is 15.9 Å². The van der Waals surface area contributed by atoms with Crippen molar-refractivity contribution in [3.05, 3.63) is 28.2 Å². The summed E-state index contributed by atoms with van der Waals surface area (Å²) in [7, 11) is 0. The standard InChI is InChI=1S/C16H24BrN3O.ClH/c1-11-8-14(17)5-6-15(11)19-16(21)10-20-7-3-4-13(9-20)12(2)18;/h5-6,8,12-13H,3-4,7,9-10,18H2,1-2H3,(H,19,21);1H. The molecule has 0 bridgehead atoms. The van der Waals surface area contributed by atoms with E-state index in [9.17, 15) is 4.79 Å². The summed E-state index contributed by atoms with van der Waals surface area (Å²) >= 11 is 3.43. The van der Waals surface area contributed by atoms with Crippen LogP contribution in [0, 0.1) is 12.8 Å². The van der Waals surface area contributed by atoms with Crippen LogP contribution < -0.4 is 11.1 Å². The zero-order valence-corrected chi connectivity index (χ0v) is 15.5. The number of carbonyl (C=O) groups excluding carboxylic acids is 1. The Morgan fingerprint density at radius 2 is 2.27 bits per heavy atom. The Morgan fingerprint density at radius 3 is 2.91 bits per heavy atom.